The third-order valence-electron chi connectivity index (χ3n) is 4.35. The van der Waals surface area contributed by atoms with E-state index in [-0.39, 0.29) is 29.5 Å². The summed E-state index contributed by atoms with van der Waals surface area (Å²) in [6.07, 6.45) is 5.06. The van der Waals surface area contributed by atoms with Crippen molar-refractivity contribution in [2.45, 2.75) is 18.8 Å². The fourth-order valence-electron chi connectivity index (χ4n) is 2.87. The van der Waals surface area contributed by atoms with Crippen LogP contribution in [0.25, 0.3) is 11.1 Å². The molecule has 24 heavy (non-hydrogen) atoms. The van der Waals surface area contributed by atoms with Crippen molar-refractivity contribution in [2.75, 3.05) is 7.05 Å². The number of nitrogens with zero attached hydrogens (tertiary/aromatic N) is 2. The number of likely N-dealkylation sites (N-methyl/N-ethyl adjacent to an activating group) is 1. The molecule has 4 N–H and O–H groups in total. The molecule has 1 fully saturated rings. The second-order valence-electron chi connectivity index (χ2n) is 6.15. The lowest BCUT2D eigenvalue weighted by molar-refractivity contribution is -0.128. The summed E-state index contributed by atoms with van der Waals surface area (Å²) in [5.74, 6) is -0.319. The van der Waals surface area contributed by atoms with Gasteiger partial charge in [0.25, 0.3) is 0 Å². The third kappa shape index (κ3) is 3.22. The van der Waals surface area contributed by atoms with Crippen molar-refractivity contribution in [1.82, 2.24) is 9.88 Å². The predicted octanol–water partition coefficient (Wildman–Crippen LogP) is 2.30. The highest BCUT2D eigenvalue weighted by atomic mass is 16.3. The summed E-state index contributed by atoms with van der Waals surface area (Å²) in [7, 11) is 1.53. The number of nitrogens with two attached hydrogens (primary N) is 1. The summed E-state index contributed by atoms with van der Waals surface area (Å²) in [5.41, 5.74) is 8.04. The van der Waals surface area contributed by atoms with Gasteiger partial charge >= 0.3 is 0 Å². The zero-order valence-corrected chi connectivity index (χ0v) is 13.4. The average Bonchev–Trinajstić information content (AvgIpc) is 3.39. The van der Waals surface area contributed by atoms with E-state index in [9.17, 15) is 9.90 Å². The Balaban J connectivity index is 1.96. The quantitative estimate of drug-likeness (QED) is 0.593. The van der Waals surface area contributed by atoms with Crippen LogP contribution in [0.1, 0.15) is 24.3 Å². The van der Waals surface area contributed by atoms with Gasteiger partial charge < -0.3 is 10.8 Å². The Bertz CT molecular complexity index is 786. The molecule has 1 atom stereocenters. The number of guanidine groups is 1. The second-order valence-corrected chi connectivity index (χ2v) is 6.15. The van der Waals surface area contributed by atoms with Crippen LogP contribution in [0.4, 0.5) is 0 Å². The normalized spacial score (nSPS) is 14.9. The standard InChI is InChI=1S/C18H20N4O2/c1-22(18(19)20)17(24)16(11-5-6-11)13-4-2-3-12(7-13)14-8-15(23)10-21-9-14/h2-4,7-11,16,23H,5-6H2,1H3,(H3,19,20). The Morgan fingerprint density at radius 1 is 1.33 bits per heavy atom. The lowest BCUT2D eigenvalue weighted by Crippen LogP contribution is -2.41. The van der Waals surface area contributed by atoms with Crippen LogP contribution in [0, 0.1) is 11.3 Å². The zero-order valence-electron chi connectivity index (χ0n) is 13.4. The van der Waals surface area contributed by atoms with Gasteiger partial charge in [-0.25, -0.2) is 0 Å². The van der Waals surface area contributed by atoms with Gasteiger partial charge in [-0.1, -0.05) is 24.3 Å². The van der Waals surface area contributed by atoms with E-state index in [1.54, 1.807) is 12.3 Å². The van der Waals surface area contributed by atoms with Crippen LogP contribution in [-0.2, 0) is 4.79 Å². The number of hydrogen-bond acceptors (Lipinski definition) is 4. The molecule has 6 nitrogen and oxygen atoms in total. The van der Waals surface area contributed by atoms with Gasteiger partial charge in [0.1, 0.15) is 5.75 Å². The number of rotatable bonds is 4. The molecule has 0 bridgehead atoms. The molecular formula is C18H20N4O2. The van der Waals surface area contributed by atoms with Crippen LogP contribution in [0.5, 0.6) is 5.75 Å². The Morgan fingerprint density at radius 2 is 2.08 bits per heavy atom. The van der Waals surface area contributed by atoms with Crippen molar-refractivity contribution in [3.8, 4) is 16.9 Å². The first-order valence-corrected chi connectivity index (χ1v) is 7.83. The monoisotopic (exact) mass is 324 g/mol. The molecule has 3 rings (SSSR count). The highest BCUT2D eigenvalue weighted by Gasteiger charge is 2.39. The minimum absolute atomic E-state index is 0.101. The van der Waals surface area contributed by atoms with Gasteiger partial charge in [-0.15, -0.1) is 0 Å². The Morgan fingerprint density at radius 3 is 2.71 bits per heavy atom. The molecule has 1 aromatic heterocycles. The lowest BCUT2D eigenvalue weighted by atomic mass is 9.90. The predicted molar refractivity (Wildman–Crippen MR) is 91.5 cm³/mol. The van der Waals surface area contributed by atoms with Crippen LogP contribution in [-0.4, -0.2) is 33.9 Å². The number of hydrogen-bond donors (Lipinski definition) is 3. The zero-order chi connectivity index (χ0) is 17.3. The highest BCUT2D eigenvalue weighted by Crippen LogP contribution is 2.44. The summed E-state index contributed by atoms with van der Waals surface area (Å²) in [6.45, 7) is 0. The van der Waals surface area contributed by atoms with Gasteiger partial charge in [-0.05, 0) is 36.0 Å². The molecule has 1 amide bonds. The molecule has 1 unspecified atom stereocenters. The van der Waals surface area contributed by atoms with Crippen LogP contribution >= 0.6 is 0 Å². The number of aromatic hydroxyl groups is 1. The number of benzene rings is 1. The van der Waals surface area contributed by atoms with E-state index < -0.39 is 0 Å². The van der Waals surface area contributed by atoms with Crippen LogP contribution < -0.4 is 5.73 Å². The topological polar surface area (TPSA) is 103 Å². The van der Waals surface area contributed by atoms with Gasteiger partial charge in [-0.2, -0.15) is 0 Å². The minimum Gasteiger partial charge on any atom is -0.506 e. The molecule has 2 aromatic rings. The van der Waals surface area contributed by atoms with Gasteiger partial charge in [0.15, 0.2) is 5.96 Å². The molecule has 1 aliphatic rings. The summed E-state index contributed by atoms with van der Waals surface area (Å²) >= 11 is 0. The molecule has 1 saturated carbocycles. The number of pyridine rings is 1. The fourth-order valence-corrected chi connectivity index (χ4v) is 2.87. The Hall–Kier alpha value is -2.89. The molecular weight excluding hydrogens is 304 g/mol. The molecule has 1 aliphatic carbocycles. The van der Waals surface area contributed by atoms with Crippen LogP contribution in [0.15, 0.2) is 42.7 Å². The molecule has 1 heterocycles. The fraction of sp³-hybridized carbons (Fsp3) is 0.278. The number of carbonyl (C=O) groups excluding carboxylic acids is 1. The summed E-state index contributed by atoms with van der Waals surface area (Å²) in [6, 6.07) is 9.33. The van der Waals surface area contributed by atoms with Crippen molar-refractivity contribution >= 4 is 11.9 Å². The first-order chi connectivity index (χ1) is 11.5. The molecule has 0 saturated heterocycles. The van der Waals surface area contributed by atoms with Crippen molar-refractivity contribution in [3.63, 3.8) is 0 Å². The van der Waals surface area contributed by atoms with E-state index >= 15 is 0 Å². The molecule has 0 spiro atoms. The van der Waals surface area contributed by atoms with E-state index in [4.69, 9.17) is 11.1 Å². The van der Waals surface area contributed by atoms with Gasteiger partial charge in [0, 0.05) is 18.8 Å². The maximum atomic E-state index is 12.7. The van der Waals surface area contributed by atoms with Crippen molar-refractivity contribution in [3.05, 3.63) is 48.3 Å². The SMILES string of the molecule is CN(C(=N)N)C(=O)C(c1cccc(-c2cncc(O)c2)c1)C1CC1. The maximum Gasteiger partial charge on any atom is 0.236 e. The van der Waals surface area contributed by atoms with Crippen LogP contribution in [0.2, 0.25) is 0 Å². The van der Waals surface area contributed by atoms with Crippen molar-refractivity contribution in [2.24, 2.45) is 11.7 Å². The minimum atomic E-state index is -0.302. The second kappa shape index (κ2) is 6.31. The number of aromatic nitrogens is 1. The average molecular weight is 324 g/mol. The largest absolute Gasteiger partial charge is 0.506 e. The Kier molecular flexibility index (Phi) is 4.20. The van der Waals surface area contributed by atoms with E-state index in [2.05, 4.69) is 4.98 Å². The first-order valence-electron chi connectivity index (χ1n) is 7.83. The van der Waals surface area contributed by atoms with E-state index in [0.717, 1.165) is 29.5 Å². The van der Waals surface area contributed by atoms with Gasteiger partial charge in [0.2, 0.25) is 5.91 Å². The third-order valence-corrected chi connectivity index (χ3v) is 4.35. The van der Waals surface area contributed by atoms with Gasteiger partial charge in [-0.3, -0.25) is 20.1 Å². The maximum absolute atomic E-state index is 12.7. The summed E-state index contributed by atoms with van der Waals surface area (Å²) in [5, 5.41) is 17.1. The van der Waals surface area contributed by atoms with Crippen molar-refractivity contribution < 1.29 is 9.90 Å². The summed E-state index contributed by atoms with van der Waals surface area (Å²) < 4.78 is 0. The molecule has 1 aromatic carbocycles. The molecule has 0 radical (unpaired) electrons. The molecule has 0 aliphatic heterocycles. The van der Waals surface area contributed by atoms with Gasteiger partial charge in [0.05, 0.1) is 12.1 Å². The molecule has 6 heteroatoms. The number of carbonyl (C=O) groups is 1. The highest BCUT2D eigenvalue weighted by molar-refractivity contribution is 5.98. The lowest BCUT2D eigenvalue weighted by Gasteiger charge is -2.23. The first kappa shape index (κ1) is 16.0. The number of nitrogens with one attached hydrogen (secondary N) is 1. The van der Waals surface area contributed by atoms with E-state index in [1.807, 2.05) is 24.3 Å². The number of amides is 1. The smallest absolute Gasteiger partial charge is 0.236 e. The molecule has 124 valence electrons. The summed E-state index contributed by atoms with van der Waals surface area (Å²) in [4.78, 5) is 17.9. The van der Waals surface area contributed by atoms with E-state index in [1.165, 1.54) is 18.1 Å². The Labute approximate surface area is 140 Å². The van der Waals surface area contributed by atoms with Crippen molar-refractivity contribution in [1.29, 1.82) is 5.41 Å². The van der Waals surface area contributed by atoms with Crippen LogP contribution in [0.3, 0.4) is 0 Å². The van der Waals surface area contributed by atoms with E-state index in [0.29, 0.717) is 0 Å².